The fraction of sp³-hybridized carbons (Fsp3) is 0.800. The molecule has 0 saturated carbocycles. The highest BCUT2D eigenvalue weighted by atomic mass is 32.1. The maximum Gasteiger partial charge on any atom is -0.00950 e. The van der Waals surface area contributed by atoms with E-state index in [-0.39, 0.29) is 0 Å². The van der Waals surface area contributed by atoms with Crippen LogP contribution in [0.1, 0.15) is 45.4 Å². The normalized spacial score (nSPS) is 11.1. The second kappa shape index (κ2) is 10.1. The van der Waals surface area contributed by atoms with Gasteiger partial charge in [0.15, 0.2) is 0 Å². The molecule has 11 heavy (non-hydrogen) atoms. The molecule has 0 nitrogen and oxygen atoms in total. The Hall–Kier alpha value is 0.0900. The molecule has 0 aromatic heterocycles. The molecule has 0 amide bonds. The van der Waals surface area contributed by atoms with Crippen molar-refractivity contribution in [1.29, 1.82) is 0 Å². The summed E-state index contributed by atoms with van der Waals surface area (Å²) < 4.78 is 0. The van der Waals surface area contributed by atoms with Crippen molar-refractivity contribution in [3.05, 3.63) is 12.2 Å². The zero-order chi connectivity index (χ0) is 8.36. The molecule has 0 saturated heterocycles. The largest absolute Gasteiger partial charge is 0.179 e. The molecular weight excluding hydrogens is 152 g/mol. The van der Waals surface area contributed by atoms with Crippen LogP contribution in [-0.2, 0) is 0 Å². The second-order valence-electron chi connectivity index (χ2n) is 2.83. The van der Waals surface area contributed by atoms with Crippen LogP contribution in [0.5, 0.6) is 0 Å². The van der Waals surface area contributed by atoms with Gasteiger partial charge in [-0.2, -0.15) is 12.6 Å². The number of allylic oxidation sites excluding steroid dienone is 2. The van der Waals surface area contributed by atoms with Crippen LogP contribution in [0.15, 0.2) is 12.2 Å². The van der Waals surface area contributed by atoms with Crippen molar-refractivity contribution < 1.29 is 0 Å². The standard InChI is InChI=1S/C10H20S/c1-2-3-4-5-6-7-8-9-10-11/h6-7,11H,2-5,8-10H2,1H3/b7-6+. The Morgan fingerprint density at radius 3 is 2.18 bits per heavy atom. The molecule has 0 heterocycles. The third-order valence-electron chi connectivity index (χ3n) is 1.67. The molecule has 0 radical (unpaired) electrons. The molecule has 0 unspecified atom stereocenters. The highest BCUT2D eigenvalue weighted by Crippen LogP contribution is 2.01. The first-order valence-electron chi connectivity index (χ1n) is 4.67. The van der Waals surface area contributed by atoms with E-state index in [1.54, 1.807) is 0 Å². The zero-order valence-corrected chi connectivity index (χ0v) is 8.45. The van der Waals surface area contributed by atoms with Crippen LogP contribution >= 0.6 is 12.6 Å². The third-order valence-corrected chi connectivity index (χ3v) is 1.99. The van der Waals surface area contributed by atoms with Crippen molar-refractivity contribution >= 4 is 12.6 Å². The van der Waals surface area contributed by atoms with Gasteiger partial charge in [0.1, 0.15) is 0 Å². The van der Waals surface area contributed by atoms with Gasteiger partial charge < -0.3 is 0 Å². The SMILES string of the molecule is CCCCC/C=C/CCCS. The van der Waals surface area contributed by atoms with Crippen LogP contribution in [0.4, 0.5) is 0 Å². The summed E-state index contributed by atoms with van der Waals surface area (Å²) in [6.07, 6.45) is 12.3. The molecule has 0 rings (SSSR count). The van der Waals surface area contributed by atoms with Gasteiger partial charge in [-0.05, 0) is 31.4 Å². The highest BCUT2D eigenvalue weighted by Gasteiger charge is 1.81. The molecule has 0 spiro atoms. The quantitative estimate of drug-likeness (QED) is 0.337. The van der Waals surface area contributed by atoms with Crippen molar-refractivity contribution in [1.82, 2.24) is 0 Å². The van der Waals surface area contributed by atoms with Crippen molar-refractivity contribution in [3.8, 4) is 0 Å². The summed E-state index contributed by atoms with van der Waals surface area (Å²) in [4.78, 5) is 0. The Balaban J connectivity index is 2.91. The van der Waals surface area contributed by atoms with E-state index in [9.17, 15) is 0 Å². The van der Waals surface area contributed by atoms with E-state index in [0.717, 1.165) is 5.75 Å². The second-order valence-corrected chi connectivity index (χ2v) is 3.28. The first-order chi connectivity index (χ1) is 5.41. The lowest BCUT2D eigenvalue weighted by atomic mass is 10.2. The Bertz CT molecular complexity index is 86.9. The van der Waals surface area contributed by atoms with Gasteiger partial charge in [0.2, 0.25) is 0 Å². The molecule has 0 aromatic carbocycles. The number of thiol groups is 1. The number of hydrogen-bond donors (Lipinski definition) is 1. The van der Waals surface area contributed by atoms with Crippen molar-refractivity contribution in [2.24, 2.45) is 0 Å². The molecule has 0 aliphatic heterocycles. The van der Waals surface area contributed by atoms with Crippen molar-refractivity contribution in [2.75, 3.05) is 5.75 Å². The van der Waals surface area contributed by atoms with E-state index in [4.69, 9.17) is 0 Å². The third kappa shape index (κ3) is 10.1. The number of hydrogen-bond acceptors (Lipinski definition) is 1. The summed E-state index contributed by atoms with van der Waals surface area (Å²) in [6.45, 7) is 2.24. The Labute approximate surface area is 76.5 Å². The van der Waals surface area contributed by atoms with E-state index in [2.05, 4.69) is 31.7 Å². The maximum absolute atomic E-state index is 4.15. The van der Waals surface area contributed by atoms with Gasteiger partial charge in [-0.15, -0.1) is 0 Å². The lowest BCUT2D eigenvalue weighted by Gasteiger charge is -1.91. The summed E-state index contributed by atoms with van der Waals surface area (Å²) in [6, 6.07) is 0. The van der Waals surface area contributed by atoms with E-state index >= 15 is 0 Å². The summed E-state index contributed by atoms with van der Waals surface area (Å²) in [5.74, 6) is 1.01. The van der Waals surface area contributed by atoms with Crippen molar-refractivity contribution in [3.63, 3.8) is 0 Å². The average Bonchev–Trinajstić information content (AvgIpc) is 2.03. The van der Waals surface area contributed by atoms with Crippen LogP contribution in [-0.4, -0.2) is 5.75 Å². The van der Waals surface area contributed by atoms with Gasteiger partial charge in [0.25, 0.3) is 0 Å². The summed E-state index contributed by atoms with van der Waals surface area (Å²) in [7, 11) is 0. The van der Waals surface area contributed by atoms with Gasteiger partial charge in [-0.25, -0.2) is 0 Å². The Morgan fingerprint density at radius 2 is 1.64 bits per heavy atom. The van der Waals surface area contributed by atoms with Crippen LogP contribution in [0.2, 0.25) is 0 Å². The topological polar surface area (TPSA) is 0 Å². The molecule has 66 valence electrons. The smallest absolute Gasteiger partial charge is 0.00950 e. The maximum atomic E-state index is 4.15. The van der Waals surface area contributed by atoms with E-state index in [1.807, 2.05) is 0 Å². The predicted octanol–water partition coefficient (Wildman–Crippen LogP) is 3.83. The van der Waals surface area contributed by atoms with E-state index in [1.165, 1.54) is 38.5 Å². The van der Waals surface area contributed by atoms with E-state index in [0.29, 0.717) is 0 Å². The Morgan fingerprint density at radius 1 is 1.00 bits per heavy atom. The van der Waals surface area contributed by atoms with Gasteiger partial charge in [0, 0.05) is 0 Å². The minimum absolute atomic E-state index is 1.01. The molecule has 1 heteroatoms. The summed E-state index contributed by atoms with van der Waals surface area (Å²) in [5, 5.41) is 0. The van der Waals surface area contributed by atoms with Gasteiger partial charge in [-0.3, -0.25) is 0 Å². The lowest BCUT2D eigenvalue weighted by molar-refractivity contribution is 0.727. The average molecular weight is 172 g/mol. The van der Waals surface area contributed by atoms with Gasteiger partial charge >= 0.3 is 0 Å². The Kier molecular flexibility index (Phi) is 10.2. The summed E-state index contributed by atoms with van der Waals surface area (Å²) >= 11 is 4.15. The number of unbranched alkanes of at least 4 members (excludes halogenated alkanes) is 4. The molecule has 0 N–H and O–H groups in total. The lowest BCUT2D eigenvalue weighted by Crippen LogP contribution is -1.73. The minimum Gasteiger partial charge on any atom is -0.179 e. The predicted molar refractivity (Wildman–Crippen MR) is 56.4 cm³/mol. The van der Waals surface area contributed by atoms with Gasteiger partial charge in [-0.1, -0.05) is 31.9 Å². The summed E-state index contributed by atoms with van der Waals surface area (Å²) in [5.41, 5.74) is 0. The van der Waals surface area contributed by atoms with Crippen LogP contribution in [0.3, 0.4) is 0 Å². The molecule has 0 aliphatic rings. The first-order valence-corrected chi connectivity index (χ1v) is 5.31. The zero-order valence-electron chi connectivity index (χ0n) is 7.55. The molecular formula is C10H20S. The van der Waals surface area contributed by atoms with Crippen LogP contribution in [0, 0.1) is 0 Å². The minimum atomic E-state index is 1.01. The van der Waals surface area contributed by atoms with Crippen LogP contribution in [0.25, 0.3) is 0 Å². The van der Waals surface area contributed by atoms with Crippen molar-refractivity contribution in [2.45, 2.75) is 45.4 Å². The van der Waals surface area contributed by atoms with Crippen LogP contribution < -0.4 is 0 Å². The fourth-order valence-corrected chi connectivity index (χ4v) is 1.14. The highest BCUT2D eigenvalue weighted by molar-refractivity contribution is 7.80. The molecule has 0 bridgehead atoms. The monoisotopic (exact) mass is 172 g/mol. The molecule has 0 fully saturated rings. The molecule has 0 aromatic rings. The number of rotatable bonds is 7. The molecule has 0 atom stereocenters. The fourth-order valence-electron chi connectivity index (χ4n) is 0.957. The first kappa shape index (κ1) is 11.1. The van der Waals surface area contributed by atoms with E-state index < -0.39 is 0 Å². The van der Waals surface area contributed by atoms with Gasteiger partial charge in [0.05, 0.1) is 0 Å². The molecule has 0 aliphatic carbocycles.